The van der Waals surface area contributed by atoms with Gasteiger partial charge in [-0.1, -0.05) is 48.5 Å². The van der Waals surface area contributed by atoms with Crippen molar-refractivity contribution < 1.29 is 31.9 Å². The molecule has 0 heterocycles. The van der Waals surface area contributed by atoms with Crippen LogP contribution in [-0.4, -0.2) is 36.3 Å². The van der Waals surface area contributed by atoms with Gasteiger partial charge >= 0.3 is 6.18 Å². The lowest BCUT2D eigenvalue weighted by Crippen LogP contribution is -2.47. The molecule has 0 saturated heterocycles. The van der Waals surface area contributed by atoms with Crippen LogP contribution in [-0.2, 0) is 10.2 Å². The molecule has 3 rings (SSSR count). The Morgan fingerprint density at radius 1 is 0.929 bits per heavy atom. The van der Waals surface area contributed by atoms with E-state index in [1.165, 1.54) is 0 Å². The van der Waals surface area contributed by atoms with Crippen LogP contribution >= 0.6 is 0 Å². The fourth-order valence-corrected chi connectivity index (χ4v) is 3.73. The Morgan fingerprint density at radius 2 is 1.43 bits per heavy atom. The lowest BCUT2D eigenvalue weighted by Gasteiger charge is -2.32. The number of hydrogen-bond acceptors (Lipinski definition) is 2. The fourth-order valence-electron chi connectivity index (χ4n) is 3.73. The number of benzene rings is 2. The molecular formula is C20H18F5NO2. The second-order valence-electron chi connectivity index (χ2n) is 6.81. The predicted molar refractivity (Wildman–Crippen MR) is 93.0 cm³/mol. The summed E-state index contributed by atoms with van der Waals surface area (Å²) >= 11 is 0. The van der Waals surface area contributed by atoms with Crippen molar-refractivity contribution in [2.75, 3.05) is 13.2 Å². The zero-order chi connectivity index (χ0) is 20.6. The van der Waals surface area contributed by atoms with Gasteiger partial charge < -0.3 is 10.4 Å². The van der Waals surface area contributed by atoms with Crippen molar-refractivity contribution in [3.8, 4) is 11.1 Å². The summed E-state index contributed by atoms with van der Waals surface area (Å²) in [6, 6.07) is 13.2. The first kappa shape index (κ1) is 20.3. The Labute approximate surface area is 158 Å². The van der Waals surface area contributed by atoms with Crippen molar-refractivity contribution in [2.24, 2.45) is 0 Å². The van der Waals surface area contributed by atoms with Crippen LogP contribution < -0.4 is 5.32 Å². The van der Waals surface area contributed by atoms with E-state index in [1.807, 2.05) is 5.32 Å². The van der Waals surface area contributed by atoms with Crippen molar-refractivity contribution in [1.82, 2.24) is 5.32 Å². The monoisotopic (exact) mass is 399 g/mol. The lowest BCUT2D eigenvalue weighted by molar-refractivity contribution is -0.141. The van der Waals surface area contributed by atoms with Gasteiger partial charge in [0.1, 0.15) is 18.6 Å². The van der Waals surface area contributed by atoms with Gasteiger partial charge in [0, 0.05) is 6.42 Å². The number of carbonyl (C=O) groups excluding carboxylic acids is 1. The van der Waals surface area contributed by atoms with Crippen LogP contribution in [0.2, 0.25) is 0 Å². The van der Waals surface area contributed by atoms with Gasteiger partial charge in [-0.05, 0) is 28.7 Å². The number of alkyl halides is 5. The number of hydrogen-bond donors (Lipinski definition) is 2. The molecular weight excluding hydrogens is 381 g/mol. The van der Waals surface area contributed by atoms with E-state index >= 15 is 0 Å². The van der Waals surface area contributed by atoms with Gasteiger partial charge in [-0.15, -0.1) is 0 Å². The molecule has 0 aromatic heterocycles. The quantitative estimate of drug-likeness (QED) is 0.721. The first-order valence-electron chi connectivity index (χ1n) is 8.64. The second kappa shape index (κ2) is 7.16. The summed E-state index contributed by atoms with van der Waals surface area (Å²) in [4.78, 5) is 13.0. The van der Waals surface area contributed by atoms with Crippen molar-refractivity contribution in [3.63, 3.8) is 0 Å². The van der Waals surface area contributed by atoms with Gasteiger partial charge in [-0.25, -0.2) is 8.78 Å². The molecule has 2 aromatic rings. The molecule has 2 aromatic carbocycles. The van der Waals surface area contributed by atoms with Crippen molar-refractivity contribution in [2.45, 2.75) is 30.4 Å². The number of nitrogens with one attached hydrogen (secondary N) is 1. The first-order chi connectivity index (χ1) is 13.1. The maximum absolute atomic E-state index is 13.8. The fraction of sp³-hybridized carbons (Fsp3) is 0.350. The van der Waals surface area contributed by atoms with Crippen LogP contribution in [0.3, 0.4) is 0 Å². The van der Waals surface area contributed by atoms with Gasteiger partial charge in [-0.3, -0.25) is 4.79 Å². The van der Waals surface area contributed by atoms with Gasteiger partial charge in [-0.2, -0.15) is 13.2 Å². The van der Waals surface area contributed by atoms with E-state index in [2.05, 4.69) is 0 Å². The Kier molecular flexibility index (Phi) is 5.18. The average molecular weight is 399 g/mol. The van der Waals surface area contributed by atoms with Crippen molar-refractivity contribution in [1.29, 1.82) is 0 Å². The normalized spacial score (nSPS) is 15.1. The van der Waals surface area contributed by atoms with Crippen LogP contribution in [0, 0.1) is 0 Å². The molecule has 28 heavy (non-hydrogen) atoms. The topological polar surface area (TPSA) is 49.3 Å². The second-order valence-corrected chi connectivity index (χ2v) is 6.81. The third kappa shape index (κ3) is 3.61. The van der Waals surface area contributed by atoms with Gasteiger partial charge in [0.2, 0.25) is 5.91 Å². The SMILES string of the molecule is O=C(NCC(F)(F)F)C1(CCC(F)(F)CO)c2ccccc2-c2ccccc21. The average Bonchev–Trinajstić information content (AvgIpc) is 2.95. The number of amides is 1. The number of aliphatic hydroxyl groups excluding tert-OH is 1. The Morgan fingerprint density at radius 3 is 1.89 bits per heavy atom. The Balaban J connectivity index is 2.12. The molecule has 0 bridgehead atoms. The molecule has 0 saturated carbocycles. The maximum atomic E-state index is 13.8. The molecule has 2 N–H and O–H groups in total. The molecule has 0 aliphatic heterocycles. The lowest BCUT2D eigenvalue weighted by atomic mass is 9.73. The van der Waals surface area contributed by atoms with E-state index < -0.39 is 49.4 Å². The number of halogens is 5. The molecule has 3 nitrogen and oxygen atoms in total. The van der Waals surface area contributed by atoms with E-state index in [0.717, 1.165) is 0 Å². The van der Waals surface area contributed by atoms with Crippen molar-refractivity contribution in [3.05, 3.63) is 59.7 Å². The molecule has 1 amide bonds. The van der Waals surface area contributed by atoms with E-state index in [0.29, 0.717) is 22.3 Å². The predicted octanol–water partition coefficient (Wildman–Crippen LogP) is 4.04. The van der Waals surface area contributed by atoms with Crippen LogP contribution in [0.1, 0.15) is 24.0 Å². The summed E-state index contributed by atoms with van der Waals surface area (Å²) in [5.74, 6) is -4.44. The molecule has 0 fully saturated rings. The minimum atomic E-state index is -4.64. The summed E-state index contributed by atoms with van der Waals surface area (Å²) in [5, 5.41) is 10.8. The van der Waals surface area contributed by atoms with Gasteiger partial charge in [0.05, 0.1) is 0 Å². The molecule has 150 valence electrons. The molecule has 0 atom stereocenters. The maximum Gasteiger partial charge on any atom is 0.405 e. The third-order valence-electron chi connectivity index (χ3n) is 5.00. The summed E-state index contributed by atoms with van der Waals surface area (Å²) in [7, 11) is 0. The zero-order valence-corrected chi connectivity index (χ0v) is 14.7. The summed E-state index contributed by atoms with van der Waals surface area (Å²) in [6.45, 7) is -2.97. The first-order valence-corrected chi connectivity index (χ1v) is 8.64. The van der Waals surface area contributed by atoms with Crippen LogP contribution in [0.5, 0.6) is 0 Å². The molecule has 0 unspecified atom stereocenters. The third-order valence-corrected chi connectivity index (χ3v) is 5.00. The highest BCUT2D eigenvalue weighted by molar-refractivity contribution is 6.00. The number of fused-ring (bicyclic) bond motifs is 3. The molecule has 8 heteroatoms. The molecule has 1 aliphatic rings. The summed E-state index contributed by atoms with van der Waals surface area (Å²) < 4.78 is 65.7. The minimum Gasteiger partial charge on any atom is -0.390 e. The highest BCUT2D eigenvalue weighted by Crippen LogP contribution is 2.52. The molecule has 0 radical (unpaired) electrons. The van der Waals surface area contributed by atoms with Crippen molar-refractivity contribution >= 4 is 5.91 Å². The van der Waals surface area contributed by atoms with Crippen LogP contribution in [0.4, 0.5) is 22.0 Å². The van der Waals surface area contributed by atoms with Crippen LogP contribution in [0.15, 0.2) is 48.5 Å². The molecule has 1 aliphatic carbocycles. The Hall–Kier alpha value is -2.48. The van der Waals surface area contributed by atoms with E-state index in [9.17, 15) is 26.7 Å². The largest absolute Gasteiger partial charge is 0.405 e. The molecule has 0 spiro atoms. The zero-order valence-electron chi connectivity index (χ0n) is 14.7. The number of rotatable bonds is 6. The van der Waals surface area contributed by atoms with Gasteiger partial charge in [0.15, 0.2) is 0 Å². The van der Waals surface area contributed by atoms with E-state index in [4.69, 9.17) is 5.11 Å². The van der Waals surface area contributed by atoms with E-state index in [-0.39, 0.29) is 0 Å². The minimum absolute atomic E-state index is 0.379. The summed E-state index contributed by atoms with van der Waals surface area (Å²) in [6.07, 6.45) is -5.94. The number of carbonyl (C=O) groups is 1. The Bertz CT molecular complexity index is 833. The standard InChI is InChI=1S/C20H18F5NO2/c21-18(22,12-27)9-10-19(17(28)26-11-20(23,24)25)15-7-3-1-5-13(15)14-6-2-4-8-16(14)19/h1-8,27H,9-12H2,(H,26,28). The van der Waals surface area contributed by atoms with E-state index in [1.54, 1.807) is 48.5 Å². The smallest absolute Gasteiger partial charge is 0.390 e. The van der Waals surface area contributed by atoms with Gasteiger partial charge in [0.25, 0.3) is 5.92 Å². The number of aliphatic hydroxyl groups is 1. The summed E-state index contributed by atoms with van der Waals surface area (Å²) in [5.41, 5.74) is 0.297. The highest BCUT2D eigenvalue weighted by atomic mass is 19.4. The van der Waals surface area contributed by atoms with Crippen LogP contribution in [0.25, 0.3) is 11.1 Å². The highest BCUT2D eigenvalue weighted by Gasteiger charge is 2.50.